The highest BCUT2D eigenvalue weighted by atomic mass is 31.2. The topological polar surface area (TPSA) is 38.8 Å². The van der Waals surface area contributed by atoms with Crippen LogP contribution in [0.2, 0.25) is 0 Å². The second-order valence-electron chi connectivity index (χ2n) is 6.74. The maximum absolute atomic E-state index is 14.1. The molecule has 0 fully saturated rings. The van der Waals surface area contributed by atoms with Crippen molar-refractivity contribution in [2.24, 2.45) is 0 Å². The maximum atomic E-state index is 14.1. The van der Waals surface area contributed by atoms with Crippen molar-refractivity contribution < 1.29 is 13.6 Å². The molecule has 148 valence electrons. The lowest BCUT2D eigenvalue weighted by Gasteiger charge is -2.29. The van der Waals surface area contributed by atoms with Gasteiger partial charge in [-0.1, -0.05) is 86.6 Å². The molecule has 4 rings (SSSR count). The first-order valence-electron chi connectivity index (χ1n) is 9.85. The van der Waals surface area contributed by atoms with Crippen LogP contribution in [0.1, 0.15) is 13.8 Å². The number of hydrogen-bond donors (Lipinski definition) is 0. The zero-order valence-corrected chi connectivity index (χ0v) is 17.5. The largest absolute Gasteiger partial charge is 0.515 e. The van der Waals surface area contributed by atoms with E-state index in [9.17, 15) is 4.57 Å². The molecular formula is C24H24NO3P. The Morgan fingerprint density at radius 3 is 1.52 bits per heavy atom. The third-order valence-electron chi connectivity index (χ3n) is 5.00. The zero-order valence-electron chi connectivity index (χ0n) is 16.6. The van der Waals surface area contributed by atoms with E-state index in [1.807, 2.05) is 98.8 Å². The van der Waals surface area contributed by atoms with Crippen molar-refractivity contribution in [3.05, 3.63) is 84.9 Å². The summed E-state index contributed by atoms with van der Waals surface area (Å²) in [6.07, 6.45) is 0. The van der Waals surface area contributed by atoms with Gasteiger partial charge in [-0.25, -0.2) is 4.57 Å². The molecule has 0 radical (unpaired) electrons. The van der Waals surface area contributed by atoms with E-state index in [4.69, 9.17) is 9.05 Å². The SMILES string of the molecule is CCN(CC)P(=O)(Oc1cccc2ccccc12)Oc1cccc2ccccc12. The lowest BCUT2D eigenvalue weighted by Crippen LogP contribution is -2.25. The van der Waals surface area contributed by atoms with Crippen LogP contribution in [0.15, 0.2) is 84.9 Å². The lowest BCUT2D eigenvalue weighted by molar-refractivity contribution is 0.297. The Balaban J connectivity index is 1.79. The third-order valence-corrected chi connectivity index (χ3v) is 7.12. The van der Waals surface area contributed by atoms with Crippen LogP contribution >= 0.6 is 7.75 Å². The van der Waals surface area contributed by atoms with Crippen molar-refractivity contribution in [1.29, 1.82) is 0 Å². The Kier molecular flexibility index (Phi) is 5.57. The second kappa shape index (κ2) is 8.28. The lowest BCUT2D eigenvalue weighted by atomic mass is 10.1. The van der Waals surface area contributed by atoms with Crippen LogP contribution in [0.3, 0.4) is 0 Å². The predicted octanol–water partition coefficient (Wildman–Crippen LogP) is 6.90. The average molecular weight is 405 g/mol. The average Bonchev–Trinajstić information content (AvgIpc) is 2.75. The van der Waals surface area contributed by atoms with E-state index >= 15 is 0 Å². The minimum Gasteiger partial charge on any atom is -0.404 e. The highest BCUT2D eigenvalue weighted by Gasteiger charge is 2.36. The number of rotatable bonds is 7. The minimum absolute atomic E-state index is 0.545. The van der Waals surface area contributed by atoms with E-state index in [2.05, 4.69) is 0 Å². The van der Waals surface area contributed by atoms with Crippen molar-refractivity contribution in [3.8, 4) is 11.5 Å². The summed E-state index contributed by atoms with van der Waals surface area (Å²) >= 11 is 0. The second-order valence-corrected chi connectivity index (χ2v) is 8.61. The summed E-state index contributed by atoms with van der Waals surface area (Å²) in [5.41, 5.74) is 0. The molecular weight excluding hydrogens is 381 g/mol. The fourth-order valence-corrected chi connectivity index (χ4v) is 5.28. The molecule has 0 saturated heterocycles. The molecule has 0 saturated carbocycles. The summed E-state index contributed by atoms with van der Waals surface area (Å²) in [6.45, 7) is 5.00. The predicted molar refractivity (Wildman–Crippen MR) is 120 cm³/mol. The van der Waals surface area contributed by atoms with Gasteiger partial charge in [0.25, 0.3) is 0 Å². The Labute approximate surface area is 171 Å². The molecule has 0 aliphatic heterocycles. The van der Waals surface area contributed by atoms with Gasteiger partial charge in [0.2, 0.25) is 0 Å². The van der Waals surface area contributed by atoms with E-state index in [0.717, 1.165) is 21.5 Å². The van der Waals surface area contributed by atoms with Gasteiger partial charge in [-0.05, 0) is 22.9 Å². The highest BCUT2D eigenvalue weighted by Crippen LogP contribution is 2.53. The van der Waals surface area contributed by atoms with Crippen LogP contribution < -0.4 is 9.05 Å². The standard InChI is InChI=1S/C24H24NO3P/c1-3-25(4-2)29(26,27-23-17-9-13-19-11-5-7-15-21(19)23)28-24-18-10-14-20-12-6-8-16-22(20)24/h5-18H,3-4H2,1-2H3. The van der Waals surface area contributed by atoms with Gasteiger partial charge in [-0.15, -0.1) is 0 Å². The Bertz CT molecular complexity index is 1090. The van der Waals surface area contributed by atoms with E-state index in [0.29, 0.717) is 24.6 Å². The molecule has 0 heterocycles. The fourth-order valence-electron chi connectivity index (χ4n) is 3.50. The zero-order chi connectivity index (χ0) is 20.3. The molecule has 5 heteroatoms. The van der Waals surface area contributed by atoms with Gasteiger partial charge in [0.05, 0.1) is 0 Å². The van der Waals surface area contributed by atoms with Gasteiger partial charge in [-0.3, -0.25) is 0 Å². The smallest absolute Gasteiger partial charge is 0.404 e. The summed E-state index contributed by atoms with van der Waals surface area (Å²) in [4.78, 5) is 0. The number of nitrogens with zero attached hydrogens (tertiary/aromatic N) is 1. The number of benzene rings is 4. The Morgan fingerprint density at radius 1 is 0.655 bits per heavy atom. The summed E-state index contributed by atoms with van der Waals surface area (Å²) < 4.78 is 28.2. The molecule has 0 spiro atoms. The summed E-state index contributed by atoms with van der Waals surface area (Å²) in [7, 11) is -3.65. The van der Waals surface area contributed by atoms with Gasteiger partial charge in [0.15, 0.2) is 0 Å². The van der Waals surface area contributed by atoms with Crippen LogP contribution in [-0.4, -0.2) is 17.8 Å². The van der Waals surface area contributed by atoms with Crippen molar-refractivity contribution in [2.75, 3.05) is 13.1 Å². The Hall–Kier alpha value is -2.81. The summed E-state index contributed by atoms with van der Waals surface area (Å²) in [5.74, 6) is 1.11. The van der Waals surface area contributed by atoms with Crippen LogP contribution in [0.4, 0.5) is 0 Å². The van der Waals surface area contributed by atoms with Gasteiger partial charge in [0, 0.05) is 23.9 Å². The first kappa shape index (κ1) is 19.5. The van der Waals surface area contributed by atoms with E-state index in [1.165, 1.54) is 0 Å². The molecule has 0 aliphatic carbocycles. The first-order valence-corrected chi connectivity index (χ1v) is 11.3. The van der Waals surface area contributed by atoms with Gasteiger partial charge in [0.1, 0.15) is 11.5 Å². The van der Waals surface area contributed by atoms with Crippen LogP contribution in [-0.2, 0) is 4.57 Å². The molecule has 0 aliphatic rings. The normalized spacial score (nSPS) is 11.8. The highest BCUT2D eigenvalue weighted by molar-refractivity contribution is 7.52. The van der Waals surface area contributed by atoms with Crippen LogP contribution in [0, 0.1) is 0 Å². The molecule has 4 nitrogen and oxygen atoms in total. The summed E-state index contributed by atoms with van der Waals surface area (Å²) in [5, 5.41) is 3.87. The molecule has 4 aromatic carbocycles. The van der Waals surface area contributed by atoms with Gasteiger partial charge in [-0.2, -0.15) is 4.67 Å². The van der Waals surface area contributed by atoms with Crippen molar-refractivity contribution in [3.63, 3.8) is 0 Å². The molecule has 0 N–H and O–H groups in total. The van der Waals surface area contributed by atoms with E-state index < -0.39 is 7.75 Å². The van der Waals surface area contributed by atoms with E-state index in [-0.39, 0.29) is 0 Å². The van der Waals surface area contributed by atoms with Crippen molar-refractivity contribution in [1.82, 2.24) is 4.67 Å². The van der Waals surface area contributed by atoms with Crippen molar-refractivity contribution >= 4 is 29.3 Å². The molecule has 0 atom stereocenters. The van der Waals surface area contributed by atoms with Gasteiger partial charge >= 0.3 is 7.75 Å². The van der Waals surface area contributed by atoms with Crippen LogP contribution in [0.25, 0.3) is 21.5 Å². The first-order chi connectivity index (χ1) is 14.1. The van der Waals surface area contributed by atoms with E-state index in [1.54, 1.807) is 4.67 Å². The molecule has 0 bridgehead atoms. The maximum Gasteiger partial charge on any atom is 0.515 e. The monoisotopic (exact) mass is 405 g/mol. The van der Waals surface area contributed by atoms with Crippen LogP contribution in [0.5, 0.6) is 11.5 Å². The Morgan fingerprint density at radius 2 is 1.07 bits per heavy atom. The summed E-state index contributed by atoms with van der Waals surface area (Å²) in [6, 6.07) is 27.3. The van der Waals surface area contributed by atoms with Gasteiger partial charge < -0.3 is 9.05 Å². The number of fused-ring (bicyclic) bond motifs is 2. The quantitative estimate of drug-likeness (QED) is 0.314. The molecule has 29 heavy (non-hydrogen) atoms. The minimum atomic E-state index is -3.65. The molecule has 0 unspecified atom stereocenters. The number of hydrogen-bond acceptors (Lipinski definition) is 3. The van der Waals surface area contributed by atoms with Crippen molar-refractivity contribution in [2.45, 2.75) is 13.8 Å². The molecule has 0 aromatic heterocycles. The molecule has 4 aromatic rings. The fraction of sp³-hybridized carbons (Fsp3) is 0.167. The third kappa shape index (κ3) is 3.87. The molecule has 0 amide bonds.